The summed E-state index contributed by atoms with van der Waals surface area (Å²) < 4.78 is 30.3. The molecule has 2 aromatic rings. The predicted molar refractivity (Wildman–Crippen MR) is 112 cm³/mol. The zero-order chi connectivity index (χ0) is 20.5. The minimum Gasteiger partial charge on any atom is -0.333 e. The van der Waals surface area contributed by atoms with Gasteiger partial charge in [0.05, 0.1) is 29.2 Å². The molecule has 2 heterocycles. The third-order valence-corrected chi connectivity index (χ3v) is 7.49. The van der Waals surface area contributed by atoms with E-state index in [9.17, 15) is 8.42 Å². The number of fused-ring (bicyclic) bond motifs is 1. The van der Waals surface area contributed by atoms with E-state index in [-0.39, 0.29) is 0 Å². The van der Waals surface area contributed by atoms with Gasteiger partial charge >= 0.3 is 0 Å². The molecule has 0 unspecified atom stereocenters. The molecule has 0 N–H and O–H groups in total. The molecule has 154 valence electrons. The topological polar surface area (TPSA) is 58.4 Å². The van der Waals surface area contributed by atoms with Crippen molar-refractivity contribution in [2.24, 2.45) is 0 Å². The molecular weight excluding hydrogens is 372 g/mol. The van der Waals surface area contributed by atoms with Crippen LogP contribution in [0.3, 0.4) is 0 Å². The van der Waals surface area contributed by atoms with Crippen molar-refractivity contribution < 1.29 is 8.42 Å². The zero-order valence-corrected chi connectivity index (χ0v) is 18.4. The van der Waals surface area contributed by atoms with E-state index in [0.29, 0.717) is 29.9 Å². The van der Waals surface area contributed by atoms with E-state index < -0.39 is 10.0 Å². The van der Waals surface area contributed by atoms with Gasteiger partial charge in [-0.3, -0.25) is 4.90 Å². The molecule has 1 aromatic carbocycles. The number of aryl methyl sites for hydroxylation is 1. The SMILES string of the molecule is CC(C)c1ccc(S(=O)(=O)N2CCCn3cnc(CN(C)C(C)C)c3C2)cc1. The van der Waals surface area contributed by atoms with E-state index in [2.05, 4.69) is 49.2 Å². The molecule has 7 heteroatoms. The molecule has 0 saturated carbocycles. The second-order valence-corrected chi connectivity index (χ2v) is 10.2. The normalized spacial score (nSPS) is 16.0. The molecule has 0 saturated heterocycles. The summed E-state index contributed by atoms with van der Waals surface area (Å²) in [6.45, 7) is 10.9. The molecule has 0 spiro atoms. The van der Waals surface area contributed by atoms with Crippen LogP contribution in [0.5, 0.6) is 0 Å². The van der Waals surface area contributed by atoms with Gasteiger partial charge in [0, 0.05) is 25.7 Å². The van der Waals surface area contributed by atoms with Gasteiger partial charge in [-0.25, -0.2) is 13.4 Å². The predicted octanol–water partition coefficient (Wildman–Crippen LogP) is 3.44. The number of imidazole rings is 1. The van der Waals surface area contributed by atoms with E-state index in [4.69, 9.17) is 0 Å². The largest absolute Gasteiger partial charge is 0.333 e. The quantitative estimate of drug-likeness (QED) is 0.740. The van der Waals surface area contributed by atoms with Crippen molar-refractivity contribution in [2.45, 2.75) is 70.6 Å². The zero-order valence-electron chi connectivity index (χ0n) is 17.6. The molecule has 0 aliphatic carbocycles. The van der Waals surface area contributed by atoms with Crippen molar-refractivity contribution in [2.75, 3.05) is 13.6 Å². The fourth-order valence-corrected chi connectivity index (χ4v) is 4.86. The Hall–Kier alpha value is -1.70. The van der Waals surface area contributed by atoms with Gasteiger partial charge in [-0.1, -0.05) is 26.0 Å². The number of hydrogen-bond donors (Lipinski definition) is 0. The van der Waals surface area contributed by atoms with Crippen LogP contribution in [0, 0.1) is 0 Å². The molecule has 1 aliphatic rings. The Bertz CT molecular complexity index is 901. The lowest BCUT2D eigenvalue weighted by Crippen LogP contribution is -2.32. The molecule has 0 atom stereocenters. The van der Waals surface area contributed by atoms with Crippen LogP contribution >= 0.6 is 0 Å². The van der Waals surface area contributed by atoms with Crippen molar-refractivity contribution >= 4 is 10.0 Å². The maximum Gasteiger partial charge on any atom is 0.243 e. The first-order valence-electron chi connectivity index (χ1n) is 10.0. The lowest BCUT2D eigenvalue weighted by molar-refractivity contribution is 0.261. The third-order valence-electron chi connectivity index (χ3n) is 5.63. The maximum atomic E-state index is 13.3. The lowest BCUT2D eigenvalue weighted by Gasteiger charge is -2.23. The van der Waals surface area contributed by atoms with Crippen LogP contribution < -0.4 is 0 Å². The van der Waals surface area contributed by atoms with Crippen molar-refractivity contribution in [3.05, 3.63) is 47.5 Å². The Kier molecular flexibility index (Phi) is 6.27. The van der Waals surface area contributed by atoms with E-state index in [1.807, 2.05) is 18.5 Å². The molecule has 28 heavy (non-hydrogen) atoms. The van der Waals surface area contributed by atoms with Gasteiger partial charge in [0.15, 0.2) is 0 Å². The first-order valence-corrected chi connectivity index (χ1v) is 11.5. The number of sulfonamides is 1. The third kappa shape index (κ3) is 4.31. The smallest absolute Gasteiger partial charge is 0.243 e. The Morgan fingerprint density at radius 1 is 1.11 bits per heavy atom. The molecule has 0 bridgehead atoms. The molecule has 0 amide bonds. The molecule has 1 aliphatic heterocycles. The molecule has 3 rings (SSSR count). The van der Waals surface area contributed by atoms with Crippen LogP contribution in [0.2, 0.25) is 0 Å². The van der Waals surface area contributed by atoms with Crippen LogP contribution in [0.4, 0.5) is 0 Å². The van der Waals surface area contributed by atoms with Crippen LogP contribution in [-0.2, 0) is 29.7 Å². The van der Waals surface area contributed by atoms with Gasteiger partial charge < -0.3 is 4.57 Å². The van der Waals surface area contributed by atoms with E-state index in [0.717, 1.165) is 36.5 Å². The molecule has 1 aromatic heterocycles. The summed E-state index contributed by atoms with van der Waals surface area (Å²) in [5.74, 6) is 0.379. The number of hydrogen-bond acceptors (Lipinski definition) is 4. The highest BCUT2D eigenvalue weighted by Crippen LogP contribution is 2.25. The average molecular weight is 405 g/mol. The first-order chi connectivity index (χ1) is 13.2. The number of rotatable bonds is 6. The minimum absolute atomic E-state index is 0.366. The average Bonchev–Trinajstić information content (AvgIpc) is 2.88. The first kappa shape index (κ1) is 21.0. The standard InChI is InChI=1S/C21H32N4O2S/c1-16(2)18-7-9-19(10-8-18)28(26,27)25-12-6-11-24-15-22-20(21(24)14-25)13-23(5)17(3)4/h7-10,15-17H,6,11-14H2,1-5H3. The van der Waals surface area contributed by atoms with Crippen molar-refractivity contribution in [3.8, 4) is 0 Å². The highest BCUT2D eigenvalue weighted by atomic mass is 32.2. The van der Waals surface area contributed by atoms with Crippen LogP contribution in [0.15, 0.2) is 35.5 Å². The summed E-state index contributed by atoms with van der Waals surface area (Å²) in [7, 11) is -1.46. The van der Waals surface area contributed by atoms with Gasteiger partial charge in [-0.2, -0.15) is 4.31 Å². The van der Waals surface area contributed by atoms with Crippen LogP contribution in [0.25, 0.3) is 0 Å². The second-order valence-electron chi connectivity index (χ2n) is 8.26. The molecular formula is C21H32N4O2S. The van der Waals surface area contributed by atoms with Gasteiger partial charge in [0.25, 0.3) is 0 Å². The van der Waals surface area contributed by atoms with E-state index in [1.54, 1.807) is 16.4 Å². The Morgan fingerprint density at radius 3 is 2.39 bits per heavy atom. The van der Waals surface area contributed by atoms with Crippen molar-refractivity contribution in [1.82, 2.24) is 18.8 Å². The number of nitrogens with zero attached hydrogens (tertiary/aromatic N) is 4. The number of benzene rings is 1. The monoisotopic (exact) mass is 404 g/mol. The summed E-state index contributed by atoms with van der Waals surface area (Å²) >= 11 is 0. The van der Waals surface area contributed by atoms with Gasteiger partial charge in [-0.15, -0.1) is 0 Å². The fourth-order valence-electron chi connectivity index (χ4n) is 3.42. The highest BCUT2D eigenvalue weighted by Gasteiger charge is 2.29. The summed E-state index contributed by atoms with van der Waals surface area (Å²) in [6, 6.07) is 7.72. The summed E-state index contributed by atoms with van der Waals surface area (Å²) in [5, 5.41) is 0. The second kappa shape index (κ2) is 8.35. The van der Waals surface area contributed by atoms with Crippen LogP contribution in [0.1, 0.15) is 57.0 Å². The van der Waals surface area contributed by atoms with Gasteiger partial charge in [0.1, 0.15) is 0 Å². The maximum absolute atomic E-state index is 13.3. The lowest BCUT2D eigenvalue weighted by atomic mass is 10.0. The fraction of sp³-hybridized carbons (Fsp3) is 0.571. The van der Waals surface area contributed by atoms with Crippen LogP contribution in [-0.4, -0.2) is 46.8 Å². The Morgan fingerprint density at radius 2 is 1.79 bits per heavy atom. The molecule has 0 fully saturated rings. The summed E-state index contributed by atoms with van der Waals surface area (Å²) in [6.07, 6.45) is 2.64. The minimum atomic E-state index is -3.53. The Labute approximate surface area is 169 Å². The van der Waals surface area contributed by atoms with Gasteiger partial charge in [0.2, 0.25) is 10.0 Å². The number of aromatic nitrogens is 2. The Balaban J connectivity index is 1.87. The summed E-state index contributed by atoms with van der Waals surface area (Å²) in [5.41, 5.74) is 3.12. The van der Waals surface area contributed by atoms with E-state index >= 15 is 0 Å². The van der Waals surface area contributed by atoms with Crippen molar-refractivity contribution in [3.63, 3.8) is 0 Å². The summed E-state index contributed by atoms with van der Waals surface area (Å²) in [4.78, 5) is 7.17. The van der Waals surface area contributed by atoms with Crippen molar-refractivity contribution in [1.29, 1.82) is 0 Å². The molecule has 6 nitrogen and oxygen atoms in total. The highest BCUT2D eigenvalue weighted by molar-refractivity contribution is 7.89. The van der Waals surface area contributed by atoms with Gasteiger partial charge in [-0.05, 0) is 50.9 Å². The van der Waals surface area contributed by atoms with E-state index in [1.165, 1.54) is 0 Å². The molecule has 0 radical (unpaired) electrons.